The van der Waals surface area contributed by atoms with Crippen molar-refractivity contribution < 1.29 is 14.1 Å². The van der Waals surface area contributed by atoms with Gasteiger partial charge in [0.25, 0.3) is 11.8 Å². The van der Waals surface area contributed by atoms with Gasteiger partial charge >= 0.3 is 0 Å². The lowest BCUT2D eigenvalue weighted by Crippen LogP contribution is -2.29. The van der Waals surface area contributed by atoms with Gasteiger partial charge in [0.05, 0.1) is 24.9 Å². The number of rotatable bonds is 5. The fourth-order valence-electron chi connectivity index (χ4n) is 3.21. The number of carbonyl (C=O) groups is 1. The summed E-state index contributed by atoms with van der Waals surface area (Å²) in [6.07, 6.45) is 3.22. The number of methoxy groups -OCH3 is 1. The average molecular weight is 403 g/mol. The average Bonchev–Trinajstić information content (AvgIpc) is 3.46. The van der Waals surface area contributed by atoms with Crippen molar-refractivity contribution in [2.45, 2.75) is 25.8 Å². The van der Waals surface area contributed by atoms with Crippen LogP contribution in [0.25, 0.3) is 11.6 Å². The van der Waals surface area contributed by atoms with E-state index in [-0.39, 0.29) is 11.9 Å². The van der Waals surface area contributed by atoms with Gasteiger partial charge in [0.2, 0.25) is 0 Å². The molecule has 146 valence electrons. The molecule has 1 aliphatic rings. The Kier molecular flexibility index (Phi) is 4.99. The normalized spacial score (nSPS) is 16.5. The Labute approximate surface area is 166 Å². The lowest BCUT2D eigenvalue weighted by Gasteiger charge is -2.18. The maximum Gasteiger partial charge on any atom is 0.280 e. The van der Waals surface area contributed by atoms with Crippen molar-refractivity contribution in [2.75, 3.05) is 20.2 Å². The zero-order chi connectivity index (χ0) is 19.7. The maximum atomic E-state index is 12.9. The number of hydrogen-bond donors (Lipinski definition) is 0. The second-order valence-electron chi connectivity index (χ2n) is 6.49. The second-order valence-corrected chi connectivity index (χ2v) is 6.93. The molecule has 1 aromatic carbocycles. The lowest BCUT2D eigenvalue weighted by atomic mass is 10.1. The predicted molar refractivity (Wildman–Crippen MR) is 100 cm³/mol. The molecular formula is C18H19ClN6O3. The van der Waals surface area contributed by atoms with Crippen LogP contribution in [0.3, 0.4) is 0 Å². The molecule has 0 N–H and O–H groups in total. The first kappa shape index (κ1) is 18.4. The van der Waals surface area contributed by atoms with E-state index in [2.05, 4.69) is 20.5 Å². The van der Waals surface area contributed by atoms with Crippen LogP contribution in [0.15, 0.2) is 28.9 Å². The Balaban J connectivity index is 1.49. The molecule has 3 aromatic rings. The van der Waals surface area contributed by atoms with E-state index in [1.165, 1.54) is 7.11 Å². The fourth-order valence-corrected chi connectivity index (χ4v) is 3.39. The third-order valence-electron chi connectivity index (χ3n) is 4.73. The molecule has 0 radical (unpaired) electrons. The van der Waals surface area contributed by atoms with Gasteiger partial charge in [-0.1, -0.05) is 28.9 Å². The molecule has 0 saturated carbocycles. The molecule has 0 spiro atoms. The summed E-state index contributed by atoms with van der Waals surface area (Å²) >= 11 is 6.05. The molecule has 2 aromatic heterocycles. The molecule has 1 amide bonds. The smallest absolute Gasteiger partial charge is 0.280 e. The standard InChI is InChI=1S/C18H19ClN6O3/c1-3-16-20-17(28-22-16)14-10-25(23-21-14)12-6-7-24(9-12)18(26)13-8-11(19)4-5-15(13)27-2/h4-5,8,10,12H,3,6-7,9H2,1-2H3/t12-/m0/s1. The first-order valence-electron chi connectivity index (χ1n) is 8.96. The predicted octanol–water partition coefficient (Wildman–Crippen LogP) is 2.64. The molecular weight excluding hydrogens is 384 g/mol. The Morgan fingerprint density at radius 2 is 2.29 bits per heavy atom. The Morgan fingerprint density at radius 1 is 1.43 bits per heavy atom. The quantitative estimate of drug-likeness (QED) is 0.646. The summed E-state index contributed by atoms with van der Waals surface area (Å²) < 4.78 is 12.2. The molecule has 4 rings (SSSR count). The zero-order valence-electron chi connectivity index (χ0n) is 15.5. The minimum absolute atomic E-state index is 0.0175. The number of aryl methyl sites for hydroxylation is 1. The van der Waals surface area contributed by atoms with Gasteiger partial charge in [-0.25, -0.2) is 4.68 Å². The summed E-state index contributed by atoms with van der Waals surface area (Å²) in [5.41, 5.74) is 0.973. The van der Waals surface area contributed by atoms with Crippen LogP contribution in [0.1, 0.15) is 35.6 Å². The number of likely N-dealkylation sites (tertiary alicyclic amines) is 1. The molecule has 28 heavy (non-hydrogen) atoms. The van der Waals surface area contributed by atoms with Gasteiger partial charge in [-0.2, -0.15) is 4.98 Å². The lowest BCUT2D eigenvalue weighted by molar-refractivity contribution is 0.0783. The van der Waals surface area contributed by atoms with Crippen LogP contribution in [-0.2, 0) is 6.42 Å². The summed E-state index contributed by atoms with van der Waals surface area (Å²) in [6, 6.07) is 5.04. The highest BCUT2D eigenvalue weighted by Gasteiger charge is 2.30. The highest BCUT2D eigenvalue weighted by Crippen LogP contribution is 2.28. The minimum Gasteiger partial charge on any atom is -0.496 e. The van der Waals surface area contributed by atoms with E-state index in [0.29, 0.717) is 53.3 Å². The fraction of sp³-hybridized carbons (Fsp3) is 0.389. The summed E-state index contributed by atoms with van der Waals surface area (Å²) in [6.45, 7) is 3.07. The van der Waals surface area contributed by atoms with Crippen molar-refractivity contribution in [2.24, 2.45) is 0 Å². The van der Waals surface area contributed by atoms with E-state index >= 15 is 0 Å². The second kappa shape index (κ2) is 7.59. The number of benzene rings is 1. The molecule has 1 saturated heterocycles. The minimum atomic E-state index is -0.119. The summed E-state index contributed by atoms with van der Waals surface area (Å²) in [7, 11) is 1.53. The van der Waals surface area contributed by atoms with Crippen molar-refractivity contribution >= 4 is 17.5 Å². The van der Waals surface area contributed by atoms with Gasteiger partial charge in [0.1, 0.15) is 5.75 Å². The van der Waals surface area contributed by atoms with Crippen LogP contribution in [0.2, 0.25) is 5.02 Å². The van der Waals surface area contributed by atoms with Gasteiger partial charge in [-0.05, 0) is 24.6 Å². The highest BCUT2D eigenvalue weighted by molar-refractivity contribution is 6.31. The van der Waals surface area contributed by atoms with Crippen molar-refractivity contribution in [1.82, 2.24) is 30.0 Å². The molecule has 3 heterocycles. The Morgan fingerprint density at radius 3 is 3.04 bits per heavy atom. The molecule has 1 aliphatic heterocycles. The summed E-state index contributed by atoms with van der Waals surface area (Å²) in [5, 5.41) is 12.7. The van der Waals surface area contributed by atoms with E-state index in [4.69, 9.17) is 20.9 Å². The van der Waals surface area contributed by atoms with Gasteiger partial charge in [-0.15, -0.1) is 5.10 Å². The largest absolute Gasteiger partial charge is 0.496 e. The monoisotopic (exact) mass is 402 g/mol. The van der Waals surface area contributed by atoms with E-state index in [0.717, 1.165) is 6.42 Å². The van der Waals surface area contributed by atoms with Crippen LogP contribution in [0.4, 0.5) is 0 Å². The summed E-state index contributed by atoms with van der Waals surface area (Å²) in [5.74, 6) is 1.35. The number of halogens is 1. The number of ether oxygens (including phenoxy) is 1. The number of nitrogens with zero attached hydrogens (tertiary/aromatic N) is 6. The van der Waals surface area contributed by atoms with Crippen LogP contribution >= 0.6 is 11.6 Å². The third-order valence-corrected chi connectivity index (χ3v) is 4.97. The van der Waals surface area contributed by atoms with E-state index in [9.17, 15) is 4.79 Å². The molecule has 1 atom stereocenters. The molecule has 1 fully saturated rings. The van der Waals surface area contributed by atoms with E-state index in [1.54, 1.807) is 34.0 Å². The van der Waals surface area contributed by atoms with Crippen molar-refractivity contribution in [3.8, 4) is 17.3 Å². The molecule has 0 unspecified atom stereocenters. The first-order valence-corrected chi connectivity index (χ1v) is 9.34. The molecule has 0 aliphatic carbocycles. The van der Waals surface area contributed by atoms with Crippen molar-refractivity contribution in [3.63, 3.8) is 0 Å². The van der Waals surface area contributed by atoms with Crippen molar-refractivity contribution in [1.29, 1.82) is 0 Å². The van der Waals surface area contributed by atoms with E-state index < -0.39 is 0 Å². The maximum absolute atomic E-state index is 12.9. The molecule has 0 bridgehead atoms. The molecule has 10 heteroatoms. The third kappa shape index (κ3) is 3.45. The number of hydrogen-bond acceptors (Lipinski definition) is 7. The van der Waals surface area contributed by atoms with Gasteiger partial charge in [-0.3, -0.25) is 4.79 Å². The van der Waals surface area contributed by atoms with Crippen LogP contribution in [0, 0.1) is 0 Å². The topological polar surface area (TPSA) is 99.2 Å². The number of amides is 1. The SMILES string of the molecule is CCc1noc(-c2cn([C@H]3CCN(C(=O)c4cc(Cl)ccc4OC)C3)nn2)n1. The van der Waals surface area contributed by atoms with Gasteiger partial charge in [0.15, 0.2) is 11.5 Å². The van der Waals surface area contributed by atoms with Gasteiger partial charge < -0.3 is 14.2 Å². The van der Waals surface area contributed by atoms with Crippen LogP contribution in [0.5, 0.6) is 5.75 Å². The van der Waals surface area contributed by atoms with Gasteiger partial charge in [0, 0.05) is 24.5 Å². The summed E-state index contributed by atoms with van der Waals surface area (Å²) in [4.78, 5) is 19.0. The van der Waals surface area contributed by atoms with Crippen LogP contribution < -0.4 is 4.74 Å². The molecule has 9 nitrogen and oxygen atoms in total. The number of aromatic nitrogens is 5. The Hall–Kier alpha value is -2.94. The van der Waals surface area contributed by atoms with Crippen LogP contribution in [-0.4, -0.2) is 56.1 Å². The van der Waals surface area contributed by atoms with E-state index in [1.807, 2.05) is 6.92 Å². The highest BCUT2D eigenvalue weighted by atomic mass is 35.5. The number of carbonyl (C=O) groups excluding carboxylic acids is 1. The zero-order valence-corrected chi connectivity index (χ0v) is 16.3. The Bertz CT molecular complexity index is 1000. The first-order chi connectivity index (χ1) is 13.6. The van der Waals surface area contributed by atoms with Crippen molar-refractivity contribution in [3.05, 3.63) is 40.8 Å².